The second kappa shape index (κ2) is 6.75. The Morgan fingerprint density at radius 2 is 2.25 bits per heavy atom. The fraction of sp³-hybridized carbons (Fsp3) is 0.467. The van der Waals surface area contributed by atoms with Crippen LogP contribution in [0, 0.1) is 6.92 Å². The van der Waals surface area contributed by atoms with Crippen molar-refractivity contribution < 1.29 is 4.79 Å². The molecular formula is C15H20ClN3O. The number of nitrogens with one attached hydrogen (secondary N) is 1. The molecule has 2 rings (SSSR count). The number of aromatic nitrogens is 2. The Kier molecular flexibility index (Phi) is 5.01. The largest absolute Gasteiger partial charge is 0.355 e. The summed E-state index contributed by atoms with van der Waals surface area (Å²) in [6, 6.07) is 6.03. The number of hydrogen-bond acceptors (Lipinski definition) is 2. The highest BCUT2D eigenvalue weighted by Crippen LogP contribution is 2.18. The normalized spacial score (nSPS) is 10.9. The lowest BCUT2D eigenvalue weighted by molar-refractivity contribution is -0.121. The minimum atomic E-state index is 0.00434. The minimum Gasteiger partial charge on any atom is -0.355 e. The Hall–Kier alpha value is -1.55. The van der Waals surface area contributed by atoms with Gasteiger partial charge in [0, 0.05) is 6.54 Å². The summed E-state index contributed by atoms with van der Waals surface area (Å²) in [5.41, 5.74) is 2.99. The molecule has 0 aliphatic carbocycles. The highest BCUT2D eigenvalue weighted by Gasteiger charge is 2.12. The van der Waals surface area contributed by atoms with E-state index in [0.717, 1.165) is 41.8 Å². The van der Waals surface area contributed by atoms with Crippen molar-refractivity contribution in [2.75, 3.05) is 6.54 Å². The van der Waals surface area contributed by atoms with E-state index in [0.29, 0.717) is 5.88 Å². The van der Waals surface area contributed by atoms with Crippen molar-refractivity contribution >= 4 is 28.5 Å². The number of hydrogen-bond donors (Lipinski definition) is 1. The van der Waals surface area contributed by atoms with E-state index in [2.05, 4.69) is 17.2 Å². The summed E-state index contributed by atoms with van der Waals surface area (Å²) in [4.78, 5) is 16.5. The number of carbonyl (C=O) groups excluding carboxylic acids is 1. The van der Waals surface area contributed by atoms with Crippen molar-refractivity contribution in [2.24, 2.45) is 0 Å². The predicted molar refractivity (Wildman–Crippen MR) is 81.9 cm³/mol. The molecule has 0 atom stereocenters. The summed E-state index contributed by atoms with van der Waals surface area (Å²) in [7, 11) is 0. The summed E-state index contributed by atoms with van der Waals surface area (Å²) < 4.78 is 1.89. The van der Waals surface area contributed by atoms with E-state index in [4.69, 9.17) is 11.6 Å². The van der Waals surface area contributed by atoms with Crippen LogP contribution in [0.4, 0.5) is 0 Å². The maximum atomic E-state index is 12.0. The van der Waals surface area contributed by atoms with Crippen molar-refractivity contribution in [3.63, 3.8) is 0 Å². The van der Waals surface area contributed by atoms with E-state index in [9.17, 15) is 4.79 Å². The van der Waals surface area contributed by atoms with Gasteiger partial charge in [-0.2, -0.15) is 0 Å². The Bertz CT molecular complexity index is 606. The summed E-state index contributed by atoms with van der Waals surface area (Å²) in [6.45, 7) is 5.11. The number of aryl methyl sites for hydroxylation is 1. The molecule has 0 saturated carbocycles. The summed E-state index contributed by atoms with van der Waals surface area (Å²) >= 11 is 5.94. The molecule has 0 bridgehead atoms. The molecule has 0 fully saturated rings. The smallest absolute Gasteiger partial charge is 0.240 e. The molecule has 4 nitrogen and oxygen atoms in total. The Balaban J connectivity index is 2.21. The van der Waals surface area contributed by atoms with Crippen LogP contribution in [0.1, 0.15) is 31.2 Å². The predicted octanol–water partition coefficient (Wildman–Crippen LogP) is 3.00. The Labute approximate surface area is 124 Å². The lowest BCUT2D eigenvalue weighted by Crippen LogP contribution is -2.28. The number of halogens is 1. The molecule has 0 saturated heterocycles. The zero-order valence-corrected chi connectivity index (χ0v) is 12.7. The van der Waals surface area contributed by atoms with Crippen molar-refractivity contribution in [1.82, 2.24) is 14.9 Å². The van der Waals surface area contributed by atoms with E-state index in [1.165, 1.54) is 0 Å². The fourth-order valence-electron chi connectivity index (χ4n) is 2.17. The van der Waals surface area contributed by atoms with Crippen LogP contribution in [0.15, 0.2) is 18.2 Å². The highest BCUT2D eigenvalue weighted by molar-refractivity contribution is 6.16. The standard InChI is InChI=1S/C15H20ClN3O/c1-3-4-7-17-15(20)10-19-13-6-5-11(2)8-12(13)18-14(19)9-16/h5-6,8H,3-4,7,9-10H2,1-2H3,(H,17,20). The van der Waals surface area contributed by atoms with Crippen LogP contribution in [-0.2, 0) is 17.2 Å². The molecule has 0 aliphatic heterocycles. The lowest BCUT2D eigenvalue weighted by atomic mass is 10.2. The third kappa shape index (κ3) is 3.31. The number of benzene rings is 1. The van der Waals surface area contributed by atoms with Gasteiger partial charge in [-0.25, -0.2) is 4.98 Å². The summed E-state index contributed by atoms with van der Waals surface area (Å²) in [5.74, 6) is 1.04. The van der Waals surface area contributed by atoms with Crippen LogP contribution in [0.2, 0.25) is 0 Å². The van der Waals surface area contributed by atoms with Crippen molar-refractivity contribution in [3.8, 4) is 0 Å². The maximum Gasteiger partial charge on any atom is 0.240 e. The number of alkyl halides is 1. The van der Waals surface area contributed by atoms with Crippen LogP contribution >= 0.6 is 11.6 Å². The van der Waals surface area contributed by atoms with E-state index >= 15 is 0 Å². The molecule has 20 heavy (non-hydrogen) atoms. The van der Waals surface area contributed by atoms with Crippen molar-refractivity contribution in [2.45, 2.75) is 39.1 Å². The van der Waals surface area contributed by atoms with Crippen LogP contribution in [0.25, 0.3) is 11.0 Å². The zero-order chi connectivity index (χ0) is 14.5. The van der Waals surface area contributed by atoms with Gasteiger partial charge < -0.3 is 9.88 Å². The molecule has 0 aliphatic rings. The molecular weight excluding hydrogens is 274 g/mol. The Morgan fingerprint density at radius 1 is 1.45 bits per heavy atom. The van der Waals surface area contributed by atoms with Crippen LogP contribution in [0.5, 0.6) is 0 Å². The maximum absolute atomic E-state index is 12.0. The number of fused-ring (bicyclic) bond motifs is 1. The van der Waals surface area contributed by atoms with E-state index in [1.54, 1.807) is 0 Å². The number of rotatable bonds is 6. The number of imidazole rings is 1. The topological polar surface area (TPSA) is 46.9 Å². The monoisotopic (exact) mass is 293 g/mol. The van der Waals surface area contributed by atoms with Gasteiger partial charge in [-0.05, 0) is 31.0 Å². The van der Waals surface area contributed by atoms with Gasteiger partial charge in [-0.3, -0.25) is 4.79 Å². The number of nitrogens with zero attached hydrogens (tertiary/aromatic N) is 2. The molecule has 5 heteroatoms. The van der Waals surface area contributed by atoms with Crippen LogP contribution in [-0.4, -0.2) is 22.0 Å². The van der Waals surface area contributed by atoms with E-state index in [-0.39, 0.29) is 12.5 Å². The first-order valence-electron chi connectivity index (χ1n) is 6.94. The third-order valence-corrected chi connectivity index (χ3v) is 3.50. The number of carbonyl (C=O) groups is 1. The third-order valence-electron chi connectivity index (χ3n) is 3.26. The molecule has 1 N–H and O–H groups in total. The lowest BCUT2D eigenvalue weighted by Gasteiger charge is -2.08. The van der Waals surface area contributed by atoms with E-state index < -0.39 is 0 Å². The molecule has 0 radical (unpaired) electrons. The van der Waals surface area contributed by atoms with Gasteiger partial charge in [0.05, 0.1) is 16.9 Å². The second-order valence-electron chi connectivity index (χ2n) is 4.94. The molecule has 1 amide bonds. The Morgan fingerprint density at radius 3 is 2.95 bits per heavy atom. The quantitative estimate of drug-likeness (QED) is 0.657. The second-order valence-corrected chi connectivity index (χ2v) is 5.21. The molecule has 108 valence electrons. The minimum absolute atomic E-state index is 0.00434. The first kappa shape index (κ1) is 14.9. The summed E-state index contributed by atoms with van der Waals surface area (Å²) in [6.07, 6.45) is 2.07. The van der Waals surface area contributed by atoms with Crippen LogP contribution < -0.4 is 5.32 Å². The molecule has 0 spiro atoms. The van der Waals surface area contributed by atoms with E-state index in [1.807, 2.05) is 29.7 Å². The average Bonchev–Trinajstić information content (AvgIpc) is 2.76. The average molecular weight is 294 g/mol. The van der Waals surface area contributed by atoms with Gasteiger partial charge in [0.25, 0.3) is 0 Å². The molecule has 0 unspecified atom stereocenters. The molecule has 2 aromatic rings. The fourth-order valence-corrected chi connectivity index (χ4v) is 2.38. The van der Waals surface area contributed by atoms with Crippen molar-refractivity contribution in [1.29, 1.82) is 0 Å². The van der Waals surface area contributed by atoms with Crippen LogP contribution in [0.3, 0.4) is 0 Å². The zero-order valence-electron chi connectivity index (χ0n) is 11.9. The highest BCUT2D eigenvalue weighted by atomic mass is 35.5. The van der Waals surface area contributed by atoms with Crippen molar-refractivity contribution in [3.05, 3.63) is 29.6 Å². The first-order chi connectivity index (χ1) is 9.65. The summed E-state index contributed by atoms with van der Waals surface area (Å²) in [5, 5.41) is 2.92. The SMILES string of the molecule is CCCCNC(=O)Cn1c(CCl)nc2cc(C)ccc21. The van der Waals surface area contributed by atoms with Gasteiger partial charge >= 0.3 is 0 Å². The van der Waals surface area contributed by atoms with Gasteiger partial charge in [-0.15, -0.1) is 11.6 Å². The molecule has 1 aromatic heterocycles. The van der Waals surface area contributed by atoms with Gasteiger partial charge in [-0.1, -0.05) is 19.4 Å². The first-order valence-corrected chi connectivity index (χ1v) is 7.47. The van der Waals surface area contributed by atoms with Gasteiger partial charge in [0.2, 0.25) is 5.91 Å². The number of unbranched alkanes of at least 4 members (excludes halogenated alkanes) is 1. The molecule has 1 heterocycles. The van der Waals surface area contributed by atoms with Gasteiger partial charge in [0.15, 0.2) is 0 Å². The van der Waals surface area contributed by atoms with Gasteiger partial charge in [0.1, 0.15) is 12.4 Å². The number of amides is 1. The molecule has 1 aromatic carbocycles.